The van der Waals surface area contributed by atoms with Gasteiger partial charge in [-0.3, -0.25) is 0 Å². The third kappa shape index (κ3) is 4.28. The monoisotopic (exact) mass is 641 g/mol. The second-order valence-corrected chi connectivity index (χ2v) is 13.6. The zero-order valence-corrected chi connectivity index (χ0v) is 27.7. The highest BCUT2D eigenvalue weighted by molar-refractivity contribution is 6.11. The summed E-state index contributed by atoms with van der Waals surface area (Å²) in [6.07, 6.45) is 0. The van der Waals surface area contributed by atoms with E-state index in [0.717, 1.165) is 44.0 Å². The molecule has 2 aromatic heterocycles. The van der Waals surface area contributed by atoms with Gasteiger partial charge >= 0.3 is 0 Å². The summed E-state index contributed by atoms with van der Waals surface area (Å²) in [7, 11) is 0. The molecule has 9 aromatic rings. The fraction of sp³-hybridized carbons (Fsp3) is 0.0652. The van der Waals surface area contributed by atoms with E-state index in [9.17, 15) is 0 Å². The first-order valence-electron chi connectivity index (χ1n) is 17.0. The normalized spacial score (nSPS) is 13.2. The molecule has 1 aliphatic carbocycles. The van der Waals surface area contributed by atoms with E-state index in [1.54, 1.807) is 0 Å². The van der Waals surface area contributed by atoms with E-state index in [2.05, 4.69) is 141 Å². The Morgan fingerprint density at radius 2 is 1.00 bits per heavy atom. The Hall–Kier alpha value is -6.39. The maximum Gasteiger partial charge on any atom is 0.164 e. The maximum atomic E-state index is 6.31. The first-order valence-corrected chi connectivity index (χ1v) is 17.0. The minimum absolute atomic E-state index is 0.214. The second kappa shape index (κ2) is 10.8. The van der Waals surface area contributed by atoms with E-state index in [1.807, 2.05) is 24.3 Å². The van der Waals surface area contributed by atoms with Crippen molar-refractivity contribution in [1.29, 1.82) is 0 Å². The van der Waals surface area contributed by atoms with E-state index in [1.165, 1.54) is 38.8 Å². The topological polar surface area (TPSA) is 51.8 Å². The van der Waals surface area contributed by atoms with E-state index < -0.39 is 0 Å². The number of rotatable bonds is 4. The van der Waals surface area contributed by atoms with Gasteiger partial charge in [-0.05, 0) is 68.4 Å². The predicted molar refractivity (Wildman–Crippen MR) is 204 cm³/mol. The molecule has 7 aromatic carbocycles. The van der Waals surface area contributed by atoms with Gasteiger partial charge in [0.2, 0.25) is 0 Å². The molecule has 10 rings (SSSR count). The van der Waals surface area contributed by atoms with E-state index in [-0.39, 0.29) is 5.41 Å². The Morgan fingerprint density at radius 1 is 0.420 bits per heavy atom. The molecule has 4 heteroatoms. The number of furan rings is 1. The molecule has 0 radical (unpaired) electrons. The molecule has 0 aliphatic heterocycles. The Balaban J connectivity index is 1.18. The van der Waals surface area contributed by atoms with Crippen molar-refractivity contribution in [2.45, 2.75) is 19.3 Å². The summed E-state index contributed by atoms with van der Waals surface area (Å²) in [6.45, 7) is 4.63. The summed E-state index contributed by atoms with van der Waals surface area (Å²) in [5.74, 6) is 1.95. The molecule has 0 bridgehead atoms. The van der Waals surface area contributed by atoms with Crippen LogP contribution in [0.1, 0.15) is 25.0 Å². The minimum Gasteiger partial charge on any atom is -0.456 e. The molecule has 236 valence electrons. The van der Waals surface area contributed by atoms with Gasteiger partial charge < -0.3 is 4.42 Å². The van der Waals surface area contributed by atoms with Crippen molar-refractivity contribution < 1.29 is 4.42 Å². The molecule has 0 N–H and O–H groups in total. The number of aromatic nitrogens is 3. The lowest BCUT2D eigenvalue weighted by molar-refractivity contribution is 0.657. The van der Waals surface area contributed by atoms with E-state index >= 15 is 0 Å². The van der Waals surface area contributed by atoms with Crippen molar-refractivity contribution in [3.8, 4) is 56.4 Å². The van der Waals surface area contributed by atoms with Crippen LogP contribution in [0.15, 0.2) is 156 Å². The lowest BCUT2D eigenvalue weighted by atomic mass is 9.80. The molecular weight excluding hydrogens is 611 g/mol. The van der Waals surface area contributed by atoms with Crippen LogP contribution in [0.2, 0.25) is 0 Å². The van der Waals surface area contributed by atoms with Gasteiger partial charge in [0.1, 0.15) is 11.2 Å². The van der Waals surface area contributed by atoms with Crippen LogP contribution in [-0.4, -0.2) is 15.0 Å². The quantitative estimate of drug-likeness (QED) is 0.192. The van der Waals surface area contributed by atoms with Crippen molar-refractivity contribution in [3.05, 3.63) is 163 Å². The third-order valence-corrected chi connectivity index (χ3v) is 10.3. The molecule has 1 aliphatic rings. The van der Waals surface area contributed by atoms with Gasteiger partial charge in [-0.25, -0.2) is 15.0 Å². The summed E-state index contributed by atoms with van der Waals surface area (Å²) >= 11 is 0. The van der Waals surface area contributed by atoms with Crippen molar-refractivity contribution in [3.63, 3.8) is 0 Å². The Bertz CT molecular complexity index is 2780. The second-order valence-electron chi connectivity index (χ2n) is 13.6. The molecule has 0 amide bonds. The fourth-order valence-electron chi connectivity index (χ4n) is 7.98. The molecule has 50 heavy (non-hydrogen) atoms. The standard InChI is InChI=1S/C46H31N3O/c1-46(2)38-25-21-30(27-37(38)34-24-26-40-41(42(34)46)36-19-11-12-20-39(36)50-40)44-47-43(29-15-7-4-8-16-29)48-45(49-44)35-23-22-31(28-13-5-3-6-14-28)32-17-9-10-18-33(32)35/h3-27H,1-2H3. The van der Waals surface area contributed by atoms with Gasteiger partial charge in [0.15, 0.2) is 17.5 Å². The highest BCUT2D eigenvalue weighted by atomic mass is 16.3. The zero-order chi connectivity index (χ0) is 33.4. The molecular formula is C46H31N3O. The smallest absolute Gasteiger partial charge is 0.164 e. The Labute approximate surface area is 289 Å². The molecule has 4 nitrogen and oxygen atoms in total. The van der Waals surface area contributed by atoms with E-state index in [4.69, 9.17) is 19.4 Å². The number of fused-ring (bicyclic) bond motifs is 8. The van der Waals surface area contributed by atoms with Crippen molar-refractivity contribution >= 4 is 32.7 Å². The average molecular weight is 642 g/mol. The predicted octanol–water partition coefficient (Wildman–Crippen LogP) is 11.9. The lowest BCUT2D eigenvalue weighted by Crippen LogP contribution is -2.15. The summed E-state index contributed by atoms with van der Waals surface area (Å²) in [5, 5.41) is 4.61. The maximum absolute atomic E-state index is 6.31. The van der Waals surface area contributed by atoms with Crippen LogP contribution in [0.25, 0.3) is 89.1 Å². The van der Waals surface area contributed by atoms with Crippen LogP contribution < -0.4 is 0 Å². The molecule has 0 saturated heterocycles. The highest BCUT2D eigenvalue weighted by Crippen LogP contribution is 2.53. The lowest BCUT2D eigenvalue weighted by Gasteiger charge is -2.22. The van der Waals surface area contributed by atoms with Crippen LogP contribution in [0, 0.1) is 0 Å². The van der Waals surface area contributed by atoms with Gasteiger partial charge in [-0.15, -0.1) is 0 Å². The largest absolute Gasteiger partial charge is 0.456 e. The number of nitrogens with zero attached hydrogens (tertiary/aromatic N) is 3. The first-order chi connectivity index (χ1) is 24.5. The summed E-state index contributed by atoms with van der Waals surface area (Å²) in [6, 6.07) is 52.9. The molecule has 2 heterocycles. The molecule has 0 atom stereocenters. The van der Waals surface area contributed by atoms with Crippen LogP contribution in [0.3, 0.4) is 0 Å². The van der Waals surface area contributed by atoms with E-state index in [0.29, 0.717) is 17.5 Å². The molecule has 0 unspecified atom stereocenters. The first kappa shape index (κ1) is 28.6. The average Bonchev–Trinajstić information content (AvgIpc) is 3.66. The number of benzene rings is 7. The van der Waals surface area contributed by atoms with Crippen LogP contribution in [0.4, 0.5) is 0 Å². The number of hydrogen-bond donors (Lipinski definition) is 0. The zero-order valence-electron chi connectivity index (χ0n) is 27.7. The summed E-state index contributed by atoms with van der Waals surface area (Å²) in [4.78, 5) is 15.4. The fourth-order valence-corrected chi connectivity index (χ4v) is 7.98. The molecule has 0 spiro atoms. The summed E-state index contributed by atoms with van der Waals surface area (Å²) < 4.78 is 6.31. The SMILES string of the molecule is CC1(C)c2ccc(-c3nc(-c4ccccc4)nc(-c4ccc(-c5ccccc5)c5ccccc45)n3)cc2-c2ccc3oc4ccccc4c3c21. The highest BCUT2D eigenvalue weighted by Gasteiger charge is 2.38. The van der Waals surface area contributed by atoms with Gasteiger partial charge in [-0.1, -0.05) is 141 Å². The van der Waals surface area contributed by atoms with Gasteiger partial charge in [0.05, 0.1) is 0 Å². The molecule has 0 saturated carbocycles. The number of para-hydroxylation sites is 1. The van der Waals surface area contributed by atoms with Gasteiger partial charge in [0.25, 0.3) is 0 Å². The van der Waals surface area contributed by atoms with Crippen molar-refractivity contribution in [2.24, 2.45) is 0 Å². The van der Waals surface area contributed by atoms with Crippen LogP contribution >= 0.6 is 0 Å². The van der Waals surface area contributed by atoms with Crippen molar-refractivity contribution in [1.82, 2.24) is 15.0 Å². The Morgan fingerprint density at radius 3 is 1.76 bits per heavy atom. The van der Waals surface area contributed by atoms with Gasteiger partial charge in [0, 0.05) is 32.9 Å². The summed E-state index contributed by atoms with van der Waals surface area (Å²) in [5.41, 5.74) is 11.9. The third-order valence-electron chi connectivity index (χ3n) is 10.3. The van der Waals surface area contributed by atoms with Crippen molar-refractivity contribution in [2.75, 3.05) is 0 Å². The van der Waals surface area contributed by atoms with Crippen LogP contribution in [0.5, 0.6) is 0 Å². The Kier molecular flexibility index (Phi) is 6.19. The van der Waals surface area contributed by atoms with Gasteiger partial charge in [-0.2, -0.15) is 0 Å². The minimum atomic E-state index is -0.214. The van der Waals surface area contributed by atoms with Crippen LogP contribution in [-0.2, 0) is 5.41 Å². The molecule has 0 fully saturated rings. The number of hydrogen-bond acceptors (Lipinski definition) is 4.